The number of rotatable bonds is 6. The number of carbonyl (C=O) groups excluding carboxylic acids is 2. The average Bonchev–Trinajstić information content (AvgIpc) is 3.10. The van der Waals surface area contributed by atoms with Crippen molar-refractivity contribution < 1.29 is 23.5 Å². The normalized spacial score (nSPS) is 10.3. The van der Waals surface area contributed by atoms with Crippen LogP contribution in [0.15, 0.2) is 60.0 Å². The van der Waals surface area contributed by atoms with Crippen molar-refractivity contribution in [2.45, 2.75) is 0 Å². The third kappa shape index (κ3) is 4.51. The van der Waals surface area contributed by atoms with Crippen LogP contribution in [0.25, 0.3) is 11.1 Å². The van der Waals surface area contributed by atoms with E-state index in [-0.39, 0.29) is 18.0 Å². The number of anilines is 1. The van der Waals surface area contributed by atoms with Gasteiger partial charge in [-0.25, -0.2) is 9.18 Å². The van der Waals surface area contributed by atoms with Gasteiger partial charge in [0.15, 0.2) is 6.61 Å². The highest BCUT2D eigenvalue weighted by molar-refractivity contribution is 7.15. The highest BCUT2D eigenvalue weighted by Gasteiger charge is 2.22. The highest BCUT2D eigenvalue weighted by Crippen LogP contribution is 2.36. The summed E-state index contributed by atoms with van der Waals surface area (Å²) in [4.78, 5) is 24.5. The Kier molecular flexibility index (Phi) is 5.83. The molecule has 1 N–H and O–H groups in total. The van der Waals surface area contributed by atoms with Crippen LogP contribution >= 0.6 is 11.3 Å². The smallest absolute Gasteiger partial charge is 0.341 e. The Morgan fingerprint density at radius 2 is 1.78 bits per heavy atom. The number of hydrogen-bond donors (Lipinski definition) is 1. The van der Waals surface area contributed by atoms with E-state index in [9.17, 15) is 14.0 Å². The number of para-hydroxylation sites is 1. The quantitative estimate of drug-likeness (QED) is 0.641. The summed E-state index contributed by atoms with van der Waals surface area (Å²) in [7, 11) is 1.26. The van der Waals surface area contributed by atoms with Crippen LogP contribution in [0.1, 0.15) is 10.4 Å². The minimum absolute atomic E-state index is 0.200. The molecule has 0 aliphatic heterocycles. The van der Waals surface area contributed by atoms with E-state index >= 15 is 0 Å². The van der Waals surface area contributed by atoms with Gasteiger partial charge in [0.25, 0.3) is 5.91 Å². The molecule has 0 saturated heterocycles. The monoisotopic (exact) mass is 385 g/mol. The predicted octanol–water partition coefficient (Wildman–Crippen LogP) is 4.36. The van der Waals surface area contributed by atoms with Crippen LogP contribution in [0, 0.1) is 5.82 Å². The first-order valence-corrected chi connectivity index (χ1v) is 8.90. The number of nitrogens with one attached hydrogen (secondary N) is 1. The summed E-state index contributed by atoms with van der Waals surface area (Å²) < 4.78 is 23.4. The second-order valence-corrected chi connectivity index (χ2v) is 6.38. The van der Waals surface area contributed by atoms with Gasteiger partial charge in [0, 0.05) is 10.9 Å². The van der Waals surface area contributed by atoms with E-state index in [1.807, 2.05) is 6.07 Å². The van der Waals surface area contributed by atoms with Crippen molar-refractivity contribution in [3.05, 3.63) is 71.4 Å². The molecule has 1 amide bonds. The van der Waals surface area contributed by atoms with E-state index in [0.29, 0.717) is 21.9 Å². The molecule has 1 aromatic heterocycles. The van der Waals surface area contributed by atoms with Crippen molar-refractivity contribution in [1.29, 1.82) is 0 Å². The number of benzene rings is 2. The Morgan fingerprint density at radius 1 is 1.07 bits per heavy atom. The van der Waals surface area contributed by atoms with Crippen LogP contribution in [0.3, 0.4) is 0 Å². The van der Waals surface area contributed by atoms with Crippen molar-refractivity contribution >= 4 is 28.2 Å². The standard InChI is InChI=1S/C20H16FNO4S/c1-25-20(24)18-16(13-7-9-14(21)10-8-13)12-27-19(18)22-17(23)11-26-15-5-3-2-4-6-15/h2-10,12H,11H2,1H3,(H,22,23). The number of carbonyl (C=O) groups is 2. The van der Waals surface area contributed by atoms with E-state index in [4.69, 9.17) is 9.47 Å². The van der Waals surface area contributed by atoms with Crippen LogP contribution < -0.4 is 10.1 Å². The van der Waals surface area contributed by atoms with Gasteiger partial charge in [-0.15, -0.1) is 11.3 Å². The lowest BCUT2D eigenvalue weighted by molar-refractivity contribution is -0.118. The van der Waals surface area contributed by atoms with E-state index in [0.717, 1.165) is 0 Å². The van der Waals surface area contributed by atoms with Crippen LogP contribution in [0.2, 0.25) is 0 Å². The predicted molar refractivity (Wildman–Crippen MR) is 102 cm³/mol. The Bertz CT molecular complexity index is 938. The lowest BCUT2D eigenvalue weighted by Gasteiger charge is -2.09. The zero-order valence-corrected chi connectivity index (χ0v) is 15.2. The minimum Gasteiger partial charge on any atom is -0.484 e. The topological polar surface area (TPSA) is 64.6 Å². The van der Waals surface area contributed by atoms with Gasteiger partial charge < -0.3 is 14.8 Å². The maximum atomic E-state index is 13.2. The fraction of sp³-hybridized carbons (Fsp3) is 0.100. The van der Waals surface area contributed by atoms with Gasteiger partial charge in [-0.1, -0.05) is 30.3 Å². The van der Waals surface area contributed by atoms with Crippen molar-refractivity contribution in [2.75, 3.05) is 19.0 Å². The van der Waals surface area contributed by atoms with Gasteiger partial charge in [0.2, 0.25) is 0 Å². The van der Waals surface area contributed by atoms with E-state index in [1.54, 1.807) is 41.8 Å². The largest absolute Gasteiger partial charge is 0.484 e. The zero-order chi connectivity index (χ0) is 19.2. The number of esters is 1. The van der Waals surface area contributed by atoms with E-state index < -0.39 is 11.9 Å². The number of amides is 1. The van der Waals surface area contributed by atoms with Crippen molar-refractivity contribution in [1.82, 2.24) is 0 Å². The summed E-state index contributed by atoms with van der Waals surface area (Å²) >= 11 is 1.19. The van der Waals surface area contributed by atoms with Gasteiger partial charge in [0.05, 0.1) is 7.11 Å². The Balaban J connectivity index is 1.79. The molecular formula is C20H16FNO4S. The Morgan fingerprint density at radius 3 is 2.44 bits per heavy atom. The molecule has 138 valence electrons. The molecule has 3 aromatic rings. The van der Waals surface area contributed by atoms with Crippen LogP contribution in [-0.4, -0.2) is 25.6 Å². The first-order chi connectivity index (χ1) is 13.1. The number of halogens is 1. The summed E-state index contributed by atoms with van der Waals surface area (Å²) in [6, 6.07) is 14.7. The summed E-state index contributed by atoms with van der Waals surface area (Å²) in [6.07, 6.45) is 0. The van der Waals surface area contributed by atoms with E-state index in [2.05, 4.69) is 5.32 Å². The van der Waals surface area contributed by atoms with Gasteiger partial charge in [-0.2, -0.15) is 0 Å². The summed E-state index contributed by atoms with van der Waals surface area (Å²) in [5.74, 6) is -0.800. The fourth-order valence-corrected chi connectivity index (χ4v) is 3.40. The number of ether oxygens (including phenoxy) is 2. The molecule has 3 rings (SSSR count). The third-order valence-corrected chi connectivity index (χ3v) is 4.60. The molecular weight excluding hydrogens is 369 g/mol. The molecule has 0 unspecified atom stereocenters. The van der Waals surface area contributed by atoms with E-state index in [1.165, 1.54) is 30.6 Å². The SMILES string of the molecule is COC(=O)c1c(-c2ccc(F)cc2)csc1NC(=O)COc1ccccc1. The molecule has 5 nitrogen and oxygen atoms in total. The summed E-state index contributed by atoms with van der Waals surface area (Å²) in [6.45, 7) is -0.200. The second-order valence-electron chi connectivity index (χ2n) is 5.50. The number of methoxy groups -OCH3 is 1. The van der Waals surface area contributed by atoms with Gasteiger partial charge in [-0.05, 0) is 29.8 Å². The lowest BCUT2D eigenvalue weighted by atomic mass is 10.0. The molecule has 1 heterocycles. The maximum absolute atomic E-state index is 13.2. The van der Waals surface area contributed by atoms with Crippen LogP contribution in [0.4, 0.5) is 9.39 Å². The molecule has 0 aliphatic rings. The van der Waals surface area contributed by atoms with Crippen LogP contribution in [0.5, 0.6) is 5.75 Å². The van der Waals surface area contributed by atoms with Crippen molar-refractivity contribution in [3.8, 4) is 16.9 Å². The minimum atomic E-state index is -0.588. The number of hydrogen-bond acceptors (Lipinski definition) is 5. The van der Waals surface area contributed by atoms with Crippen molar-refractivity contribution in [2.24, 2.45) is 0 Å². The van der Waals surface area contributed by atoms with Gasteiger partial charge in [-0.3, -0.25) is 4.79 Å². The molecule has 0 fully saturated rings. The maximum Gasteiger partial charge on any atom is 0.341 e. The number of thiophene rings is 1. The molecule has 7 heteroatoms. The summed E-state index contributed by atoms with van der Waals surface area (Å²) in [5.41, 5.74) is 1.43. The average molecular weight is 385 g/mol. The Hall–Kier alpha value is -3.19. The van der Waals surface area contributed by atoms with Crippen LogP contribution in [-0.2, 0) is 9.53 Å². The molecule has 0 aliphatic carbocycles. The zero-order valence-electron chi connectivity index (χ0n) is 14.4. The molecule has 0 atom stereocenters. The van der Waals surface area contributed by atoms with Crippen molar-refractivity contribution in [3.63, 3.8) is 0 Å². The first kappa shape index (κ1) is 18.6. The molecule has 0 saturated carbocycles. The first-order valence-electron chi connectivity index (χ1n) is 8.02. The fourth-order valence-electron chi connectivity index (χ4n) is 2.42. The molecule has 0 radical (unpaired) electrons. The van der Waals surface area contributed by atoms with Gasteiger partial charge >= 0.3 is 5.97 Å². The molecule has 0 bridgehead atoms. The van der Waals surface area contributed by atoms with Gasteiger partial charge in [0.1, 0.15) is 22.1 Å². The second kappa shape index (κ2) is 8.46. The lowest BCUT2D eigenvalue weighted by Crippen LogP contribution is -2.21. The molecule has 0 spiro atoms. The third-order valence-electron chi connectivity index (χ3n) is 3.70. The molecule has 27 heavy (non-hydrogen) atoms. The summed E-state index contributed by atoms with van der Waals surface area (Å²) in [5, 5.41) is 4.74. The Labute approximate surface area is 159 Å². The highest BCUT2D eigenvalue weighted by atomic mass is 32.1. The molecule has 2 aromatic carbocycles.